The van der Waals surface area contributed by atoms with Gasteiger partial charge in [0.1, 0.15) is 12.4 Å². The third-order valence-corrected chi connectivity index (χ3v) is 7.45. The van der Waals surface area contributed by atoms with Gasteiger partial charge in [-0.05, 0) is 90.8 Å². The average molecular weight is 530 g/mol. The van der Waals surface area contributed by atoms with Crippen molar-refractivity contribution >= 4 is 17.4 Å². The third kappa shape index (κ3) is 6.14. The largest absolute Gasteiger partial charge is 0.493 e. The number of likely N-dealkylation sites (tertiary alicyclic amines) is 1. The van der Waals surface area contributed by atoms with Crippen LogP contribution in [-0.2, 0) is 11.4 Å². The van der Waals surface area contributed by atoms with Gasteiger partial charge in [-0.2, -0.15) is 4.37 Å². The molecule has 2 aromatic heterocycles. The number of nitrogens with zero attached hydrogens (tertiary/aromatic N) is 3. The molecule has 1 aliphatic heterocycles. The Morgan fingerprint density at radius 1 is 1.03 bits per heavy atom. The quantitative estimate of drug-likeness (QED) is 0.248. The molecule has 7 nitrogen and oxygen atoms in total. The number of pyridine rings is 1. The second-order valence-electron chi connectivity index (χ2n) is 9.49. The molecular formula is C30H31N3O4S. The van der Waals surface area contributed by atoms with Gasteiger partial charge in [0.25, 0.3) is 0 Å². The highest BCUT2D eigenvalue weighted by Crippen LogP contribution is 2.31. The van der Waals surface area contributed by atoms with Gasteiger partial charge in [-0.25, -0.2) is 4.98 Å². The molecular weight excluding hydrogens is 498 g/mol. The van der Waals surface area contributed by atoms with E-state index >= 15 is 0 Å². The molecule has 3 heterocycles. The molecule has 0 radical (unpaired) electrons. The van der Waals surface area contributed by atoms with Gasteiger partial charge < -0.3 is 19.5 Å². The summed E-state index contributed by atoms with van der Waals surface area (Å²) in [6.45, 7) is 6.67. The number of aryl methyl sites for hydroxylation is 2. The second-order valence-corrected chi connectivity index (χ2v) is 10.3. The Bertz CT molecular complexity index is 1390. The maximum Gasteiger partial charge on any atom is 0.223 e. The van der Waals surface area contributed by atoms with E-state index in [0.717, 1.165) is 70.1 Å². The van der Waals surface area contributed by atoms with Crippen molar-refractivity contribution in [2.45, 2.75) is 39.7 Å². The van der Waals surface area contributed by atoms with E-state index in [1.165, 1.54) is 11.5 Å². The zero-order valence-electron chi connectivity index (χ0n) is 21.6. The Morgan fingerprint density at radius 3 is 2.58 bits per heavy atom. The predicted octanol–water partition coefficient (Wildman–Crippen LogP) is 6.16. The zero-order chi connectivity index (χ0) is 26.5. The van der Waals surface area contributed by atoms with Gasteiger partial charge in [-0.1, -0.05) is 18.2 Å². The molecule has 1 aliphatic rings. The van der Waals surface area contributed by atoms with Crippen LogP contribution in [0.15, 0.2) is 60.7 Å². The van der Waals surface area contributed by atoms with E-state index in [1.54, 1.807) is 6.07 Å². The summed E-state index contributed by atoms with van der Waals surface area (Å²) in [5.41, 5.74) is 6.26. The molecule has 4 aromatic rings. The van der Waals surface area contributed by atoms with Crippen LogP contribution in [0.1, 0.15) is 36.1 Å². The van der Waals surface area contributed by atoms with Crippen molar-refractivity contribution in [1.29, 1.82) is 0 Å². The first-order valence-corrected chi connectivity index (χ1v) is 13.6. The lowest BCUT2D eigenvalue weighted by Crippen LogP contribution is -2.26. The van der Waals surface area contributed by atoms with Crippen molar-refractivity contribution in [2.75, 3.05) is 19.7 Å². The summed E-state index contributed by atoms with van der Waals surface area (Å²) in [6, 6.07) is 19.7. The molecule has 0 bridgehead atoms. The van der Waals surface area contributed by atoms with Gasteiger partial charge in [0.2, 0.25) is 17.7 Å². The summed E-state index contributed by atoms with van der Waals surface area (Å²) in [5.74, 6) is 1.68. The van der Waals surface area contributed by atoms with Crippen molar-refractivity contribution in [2.24, 2.45) is 0 Å². The highest BCUT2D eigenvalue weighted by molar-refractivity contribution is 7.09. The number of aromatic nitrogens is 2. The number of rotatable bonds is 10. The summed E-state index contributed by atoms with van der Waals surface area (Å²) in [4.78, 5) is 19.3. The first kappa shape index (κ1) is 25.7. The number of carbonyl (C=O) groups excluding carboxylic acids is 1. The van der Waals surface area contributed by atoms with E-state index in [0.29, 0.717) is 25.5 Å². The Labute approximate surface area is 226 Å². The van der Waals surface area contributed by atoms with Crippen LogP contribution in [0.5, 0.6) is 17.5 Å². The number of hydrogen-bond donors (Lipinski definition) is 1. The molecule has 1 N–H and O–H groups in total. The molecule has 1 amide bonds. The fourth-order valence-electron chi connectivity index (χ4n) is 4.78. The van der Waals surface area contributed by atoms with Gasteiger partial charge in [0.05, 0.1) is 11.5 Å². The lowest BCUT2D eigenvalue weighted by Gasteiger charge is -2.16. The molecule has 5 rings (SSSR count). The van der Waals surface area contributed by atoms with E-state index < -0.39 is 0 Å². The van der Waals surface area contributed by atoms with Crippen molar-refractivity contribution < 1.29 is 19.4 Å². The third-order valence-electron chi connectivity index (χ3n) is 6.63. The van der Waals surface area contributed by atoms with Gasteiger partial charge >= 0.3 is 0 Å². The molecule has 8 heteroatoms. The van der Waals surface area contributed by atoms with Crippen LogP contribution in [0.2, 0.25) is 0 Å². The van der Waals surface area contributed by atoms with Crippen LogP contribution < -0.4 is 9.47 Å². The number of benzene rings is 2. The highest BCUT2D eigenvalue weighted by atomic mass is 32.1. The Balaban J connectivity index is 1.19. The number of carbonyl (C=O) groups is 1. The minimum absolute atomic E-state index is 0.0414. The predicted molar refractivity (Wildman–Crippen MR) is 149 cm³/mol. The molecule has 0 saturated carbocycles. The van der Waals surface area contributed by atoms with Crippen LogP contribution in [0.4, 0.5) is 0 Å². The van der Waals surface area contributed by atoms with E-state index in [9.17, 15) is 9.90 Å². The summed E-state index contributed by atoms with van der Waals surface area (Å²) < 4.78 is 15.9. The standard InChI is InChI=1S/C30H31N3O4S/c1-20-16-28(36-15-5-14-33-13-4-8-29(33)35)31-21(2)30(20)24-7-3-6-22(17-24)19-37-25-11-9-23(10-12-25)26-18-27(34)32-38-26/h3,6-7,9-12,16-18H,4-5,8,13-15,19H2,1-2H3,(H,32,34). The normalized spacial score (nSPS) is 13.2. The number of aromatic hydroxyl groups is 1. The maximum atomic E-state index is 11.8. The molecule has 0 aliphatic carbocycles. The fourth-order valence-corrected chi connectivity index (χ4v) is 5.42. The Kier molecular flexibility index (Phi) is 7.89. The van der Waals surface area contributed by atoms with Crippen LogP contribution in [-0.4, -0.2) is 45.0 Å². The Hall–Kier alpha value is -3.91. The SMILES string of the molecule is Cc1cc(OCCCN2CCCC2=O)nc(C)c1-c1cccc(COc2ccc(-c3cc(O)ns3)cc2)c1. The van der Waals surface area contributed by atoms with Gasteiger partial charge in [0.15, 0.2) is 0 Å². The minimum atomic E-state index is 0.0414. The summed E-state index contributed by atoms with van der Waals surface area (Å²) in [7, 11) is 0. The first-order chi connectivity index (χ1) is 18.5. The molecule has 38 heavy (non-hydrogen) atoms. The monoisotopic (exact) mass is 529 g/mol. The molecule has 1 saturated heterocycles. The number of hydrogen-bond acceptors (Lipinski definition) is 7. The van der Waals surface area contributed by atoms with Crippen molar-refractivity contribution in [3.8, 4) is 39.1 Å². The summed E-state index contributed by atoms with van der Waals surface area (Å²) in [6.07, 6.45) is 2.43. The second kappa shape index (κ2) is 11.6. The lowest BCUT2D eigenvalue weighted by molar-refractivity contribution is -0.127. The van der Waals surface area contributed by atoms with Gasteiger partial charge in [-0.3, -0.25) is 4.79 Å². The Morgan fingerprint density at radius 2 is 1.87 bits per heavy atom. The minimum Gasteiger partial charge on any atom is -0.493 e. The number of ether oxygens (including phenoxy) is 2. The van der Waals surface area contributed by atoms with Crippen LogP contribution >= 0.6 is 11.5 Å². The molecule has 0 atom stereocenters. The van der Waals surface area contributed by atoms with E-state index in [2.05, 4.69) is 29.5 Å². The topological polar surface area (TPSA) is 84.8 Å². The van der Waals surface area contributed by atoms with E-state index in [1.807, 2.05) is 48.2 Å². The first-order valence-electron chi connectivity index (χ1n) is 12.8. The van der Waals surface area contributed by atoms with E-state index in [4.69, 9.17) is 14.5 Å². The lowest BCUT2D eigenvalue weighted by atomic mass is 9.98. The summed E-state index contributed by atoms with van der Waals surface area (Å²) >= 11 is 1.26. The maximum absolute atomic E-state index is 11.8. The van der Waals surface area contributed by atoms with E-state index in [-0.39, 0.29) is 11.8 Å². The molecule has 0 spiro atoms. The van der Waals surface area contributed by atoms with Crippen LogP contribution in [0.25, 0.3) is 21.6 Å². The van der Waals surface area contributed by atoms with Gasteiger partial charge in [0, 0.05) is 42.9 Å². The van der Waals surface area contributed by atoms with Gasteiger partial charge in [-0.15, -0.1) is 0 Å². The fraction of sp³-hybridized carbons (Fsp3) is 0.300. The van der Waals surface area contributed by atoms with Crippen LogP contribution in [0.3, 0.4) is 0 Å². The van der Waals surface area contributed by atoms with Crippen LogP contribution in [0, 0.1) is 13.8 Å². The molecule has 2 aromatic carbocycles. The molecule has 0 unspecified atom stereocenters. The van der Waals surface area contributed by atoms with Crippen molar-refractivity contribution in [3.05, 3.63) is 77.5 Å². The smallest absolute Gasteiger partial charge is 0.223 e. The summed E-state index contributed by atoms with van der Waals surface area (Å²) in [5, 5.41) is 9.47. The van der Waals surface area contributed by atoms with Crippen molar-refractivity contribution in [3.63, 3.8) is 0 Å². The zero-order valence-corrected chi connectivity index (χ0v) is 22.5. The molecule has 196 valence electrons. The van der Waals surface area contributed by atoms with Crippen molar-refractivity contribution in [1.82, 2.24) is 14.3 Å². The number of amides is 1. The highest BCUT2D eigenvalue weighted by Gasteiger charge is 2.19. The average Bonchev–Trinajstić information content (AvgIpc) is 3.53. The molecule has 1 fully saturated rings.